The molecule has 21 heavy (non-hydrogen) atoms. The van der Waals surface area contributed by atoms with Gasteiger partial charge in [-0.05, 0) is 19.1 Å². The molecule has 1 saturated heterocycles. The van der Waals surface area contributed by atoms with E-state index in [-0.39, 0.29) is 4.90 Å². The van der Waals surface area contributed by atoms with E-state index in [4.69, 9.17) is 5.11 Å². The Morgan fingerprint density at radius 1 is 1.29 bits per heavy atom. The molecule has 1 fully saturated rings. The number of rotatable bonds is 3. The number of likely N-dealkylation sites (tertiary alicyclic amines) is 1. The lowest BCUT2D eigenvalue weighted by molar-refractivity contribution is -0.902. The molecular formula is C15H25NO4S. The minimum Gasteiger partial charge on any atom is -0.744 e. The molecule has 2 rings (SSSR count). The number of benzene rings is 1. The Labute approximate surface area is 127 Å². The third kappa shape index (κ3) is 5.74. The number of nitrogens with zero attached hydrogens (tertiary/aromatic N) is 1. The molecular weight excluding hydrogens is 290 g/mol. The number of aliphatic hydroxyl groups is 1. The Bertz CT molecular complexity index is 537. The molecule has 1 atom stereocenters. The largest absolute Gasteiger partial charge is 0.744 e. The normalized spacial score (nSPS) is 20.7. The smallest absolute Gasteiger partial charge is 0.124 e. The zero-order valence-electron chi connectivity index (χ0n) is 12.9. The standard InChI is InChI=1S/C8H18NO.C7H8O3S/c1-9(2)6-3-4-8(9)5-7-10;1-6-2-4-7(5-3-6)11(8,9)10/h8,10H,3-7H2,1-2H3;2-5H,1H3,(H,8,9,10)/q+1;/p-1. The molecule has 0 aromatic heterocycles. The van der Waals surface area contributed by atoms with E-state index >= 15 is 0 Å². The van der Waals surface area contributed by atoms with Gasteiger partial charge in [0.25, 0.3) is 0 Å². The van der Waals surface area contributed by atoms with Gasteiger partial charge in [-0.15, -0.1) is 0 Å². The van der Waals surface area contributed by atoms with Crippen molar-refractivity contribution in [1.82, 2.24) is 0 Å². The van der Waals surface area contributed by atoms with E-state index in [1.165, 1.54) is 31.5 Å². The van der Waals surface area contributed by atoms with Gasteiger partial charge in [-0.2, -0.15) is 0 Å². The molecule has 5 nitrogen and oxygen atoms in total. The van der Waals surface area contributed by atoms with E-state index in [1.807, 2.05) is 6.92 Å². The van der Waals surface area contributed by atoms with E-state index in [1.54, 1.807) is 12.1 Å². The average Bonchev–Trinajstić information content (AvgIpc) is 2.70. The second-order valence-electron chi connectivity index (χ2n) is 6.08. The predicted molar refractivity (Wildman–Crippen MR) is 80.8 cm³/mol. The monoisotopic (exact) mass is 315 g/mol. The Hall–Kier alpha value is -0.950. The zero-order valence-corrected chi connectivity index (χ0v) is 13.8. The maximum absolute atomic E-state index is 10.4. The van der Waals surface area contributed by atoms with Crippen molar-refractivity contribution in [1.29, 1.82) is 0 Å². The van der Waals surface area contributed by atoms with Gasteiger partial charge in [0.15, 0.2) is 0 Å². The summed E-state index contributed by atoms with van der Waals surface area (Å²) in [7, 11) is 0.245. The van der Waals surface area contributed by atoms with E-state index in [9.17, 15) is 13.0 Å². The molecule has 1 aromatic carbocycles. The number of aryl methyl sites for hydroxylation is 1. The highest BCUT2D eigenvalue weighted by molar-refractivity contribution is 7.85. The third-order valence-corrected chi connectivity index (χ3v) is 4.88. The highest BCUT2D eigenvalue weighted by Gasteiger charge is 2.32. The number of quaternary nitrogens is 1. The van der Waals surface area contributed by atoms with Gasteiger partial charge in [-0.1, -0.05) is 17.7 Å². The van der Waals surface area contributed by atoms with Crippen molar-refractivity contribution in [2.75, 3.05) is 27.2 Å². The molecule has 0 radical (unpaired) electrons. The van der Waals surface area contributed by atoms with Gasteiger partial charge in [-0.25, -0.2) is 8.42 Å². The molecule has 0 amide bonds. The lowest BCUT2D eigenvalue weighted by Crippen LogP contribution is -2.44. The second-order valence-corrected chi connectivity index (χ2v) is 7.46. The van der Waals surface area contributed by atoms with Gasteiger partial charge in [0.1, 0.15) is 10.1 Å². The second kappa shape index (κ2) is 7.35. The molecule has 120 valence electrons. The SMILES string of the molecule is C[N+]1(C)CCCC1CCO.Cc1ccc(S(=O)(=O)[O-])cc1. The van der Waals surface area contributed by atoms with Crippen LogP contribution in [-0.4, -0.2) is 55.8 Å². The first-order valence-electron chi connectivity index (χ1n) is 7.13. The van der Waals surface area contributed by atoms with Crippen molar-refractivity contribution in [3.63, 3.8) is 0 Å². The van der Waals surface area contributed by atoms with Gasteiger partial charge >= 0.3 is 0 Å². The first-order valence-corrected chi connectivity index (χ1v) is 8.54. The van der Waals surface area contributed by atoms with Crippen LogP contribution in [0.5, 0.6) is 0 Å². The van der Waals surface area contributed by atoms with Crippen molar-refractivity contribution in [2.45, 2.75) is 37.1 Å². The highest BCUT2D eigenvalue weighted by atomic mass is 32.2. The van der Waals surface area contributed by atoms with Crippen LogP contribution in [0.4, 0.5) is 0 Å². The predicted octanol–water partition coefficient (Wildman–Crippen LogP) is 1.51. The molecule has 1 aliphatic rings. The molecule has 1 aliphatic heterocycles. The molecule has 1 heterocycles. The Kier molecular flexibility index (Phi) is 6.34. The fraction of sp³-hybridized carbons (Fsp3) is 0.600. The molecule has 6 heteroatoms. The summed E-state index contributed by atoms with van der Waals surface area (Å²) in [5.41, 5.74) is 0.928. The molecule has 1 aromatic rings. The van der Waals surface area contributed by atoms with Crippen LogP contribution in [0.3, 0.4) is 0 Å². The highest BCUT2D eigenvalue weighted by Crippen LogP contribution is 2.24. The van der Waals surface area contributed by atoms with Crippen molar-refractivity contribution < 1.29 is 22.6 Å². The van der Waals surface area contributed by atoms with Crippen molar-refractivity contribution in [3.8, 4) is 0 Å². The summed E-state index contributed by atoms with van der Waals surface area (Å²) in [5.74, 6) is 0. The minimum atomic E-state index is -4.27. The van der Waals surface area contributed by atoms with Crippen LogP contribution in [0.2, 0.25) is 0 Å². The van der Waals surface area contributed by atoms with E-state index in [0.717, 1.165) is 16.5 Å². The quantitative estimate of drug-likeness (QED) is 0.677. The summed E-state index contributed by atoms with van der Waals surface area (Å²) >= 11 is 0. The van der Waals surface area contributed by atoms with Crippen molar-refractivity contribution in [2.24, 2.45) is 0 Å². The van der Waals surface area contributed by atoms with Crippen LogP contribution < -0.4 is 0 Å². The maximum Gasteiger partial charge on any atom is 0.124 e. The molecule has 1 N–H and O–H groups in total. The van der Waals surface area contributed by atoms with Gasteiger partial charge < -0.3 is 14.1 Å². The van der Waals surface area contributed by atoms with Gasteiger partial charge in [0, 0.05) is 25.9 Å². The summed E-state index contributed by atoms with van der Waals surface area (Å²) in [6.07, 6.45) is 3.61. The summed E-state index contributed by atoms with van der Waals surface area (Å²) in [5, 5.41) is 8.75. The molecule has 1 unspecified atom stereocenters. The Balaban J connectivity index is 0.000000211. The Morgan fingerprint density at radius 2 is 1.86 bits per heavy atom. The maximum atomic E-state index is 10.4. The first-order chi connectivity index (χ1) is 9.66. The first kappa shape index (κ1) is 18.1. The van der Waals surface area contributed by atoms with Crippen LogP contribution in [0.1, 0.15) is 24.8 Å². The average molecular weight is 315 g/mol. The van der Waals surface area contributed by atoms with E-state index < -0.39 is 10.1 Å². The topological polar surface area (TPSA) is 77.4 Å². The van der Waals surface area contributed by atoms with Gasteiger partial charge in [0.2, 0.25) is 0 Å². The van der Waals surface area contributed by atoms with Gasteiger partial charge in [0.05, 0.1) is 31.6 Å². The van der Waals surface area contributed by atoms with E-state index in [0.29, 0.717) is 12.6 Å². The van der Waals surface area contributed by atoms with Crippen LogP contribution >= 0.6 is 0 Å². The third-order valence-electron chi connectivity index (χ3n) is 4.03. The fourth-order valence-corrected chi connectivity index (χ4v) is 3.08. The van der Waals surface area contributed by atoms with Crippen LogP contribution in [0, 0.1) is 6.92 Å². The van der Waals surface area contributed by atoms with Crippen LogP contribution in [0.25, 0.3) is 0 Å². The summed E-state index contributed by atoms with van der Waals surface area (Å²) < 4.78 is 32.3. The molecule has 0 spiro atoms. The number of hydrogen-bond acceptors (Lipinski definition) is 4. The zero-order chi connectivity index (χ0) is 16.1. The number of aliphatic hydroxyl groups excluding tert-OH is 1. The van der Waals surface area contributed by atoms with E-state index in [2.05, 4.69) is 14.1 Å². The van der Waals surface area contributed by atoms with Gasteiger partial charge in [-0.3, -0.25) is 0 Å². The molecule has 0 bridgehead atoms. The van der Waals surface area contributed by atoms with Crippen LogP contribution in [0.15, 0.2) is 29.2 Å². The lowest BCUT2D eigenvalue weighted by atomic mass is 10.1. The molecule has 0 aliphatic carbocycles. The minimum absolute atomic E-state index is 0.178. The summed E-state index contributed by atoms with van der Waals surface area (Å²) in [6.45, 7) is 3.46. The fourth-order valence-electron chi connectivity index (χ4n) is 2.61. The summed E-state index contributed by atoms with van der Waals surface area (Å²) in [6, 6.07) is 6.50. The Morgan fingerprint density at radius 3 is 2.24 bits per heavy atom. The van der Waals surface area contributed by atoms with Crippen molar-refractivity contribution in [3.05, 3.63) is 29.8 Å². The molecule has 0 saturated carbocycles. The summed E-state index contributed by atoms with van der Waals surface area (Å²) in [4.78, 5) is -0.178. The van der Waals surface area contributed by atoms with Crippen molar-refractivity contribution >= 4 is 10.1 Å². The number of hydrogen-bond donors (Lipinski definition) is 1. The lowest BCUT2D eigenvalue weighted by Gasteiger charge is -2.31. The van der Waals surface area contributed by atoms with Crippen LogP contribution in [-0.2, 0) is 10.1 Å².